The Labute approximate surface area is 242 Å². The molecule has 0 spiro atoms. The van der Waals surface area contributed by atoms with Gasteiger partial charge in [-0.1, -0.05) is 23.2 Å². The summed E-state index contributed by atoms with van der Waals surface area (Å²) in [5, 5.41) is 32.2. The number of benzene rings is 1. The molecule has 1 amide bonds. The maximum Gasteiger partial charge on any atom is 0.348 e. The van der Waals surface area contributed by atoms with Crippen LogP contribution in [0, 0.1) is 11.8 Å². The Morgan fingerprint density at radius 3 is 2.45 bits per heavy atom. The number of aliphatic hydroxyl groups excluding tert-OH is 3. The average Bonchev–Trinajstić information content (AvgIpc) is 3.44. The van der Waals surface area contributed by atoms with Crippen LogP contribution in [0.15, 0.2) is 30.3 Å². The van der Waals surface area contributed by atoms with Gasteiger partial charge in [-0.3, -0.25) is 4.79 Å². The Hall–Kier alpha value is -1.39. The standard InChI is InChI=1S/C27H34Cl3NO6S/c28-17-10-16(11-18(29)12-17)4-6-22-21(23(30)13-24(22)34)3-1-2-20-5-7-25(38-20)27(36)37-9-8-26(35)31-19(14-32)15-33/h5,7,10-12,19,21-24,32-34H,1-4,6,8-9,13-15H2,(H,31,35)/t21-,22-,23+,24-/m1/s1. The smallest absolute Gasteiger partial charge is 0.348 e. The van der Waals surface area contributed by atoms with Crippen LogP contribution in [-0.2, 0) is 22.4 Å². The summed E-state index contributed by atoms with van der Waals surface area (Å²) in [7, 11) is 0. The second-order valence-electron chi connectivity index (χ2n) is 9.64. The number of aliphatic hydroxyl groups is 3. The number of halogens is 3. The molecule has 210 valence electrons. The molecular formula is C27H34Cl3NO6S. The summed E-state index contributed by atoms with van der Waals surface area (Å²) in [5.41, 5.74) is 1.05. The lowest BCUT2D eigenvalue weighted by Gasteiger charge is -2.23. The van der Waals surface area contributed by atoms with Gasteiger partial charge in [-0.15, -0.1) is 22.9 Å². The predicted octanol–water partition coefficient (Wildman–Crippen LogP) is 4.63. The molecule has 7 nitrogen and oxygen atoms in total. The number of thiophene rings is 1. The van der Waals surface area contributed by atoms with Crippen LogP contribution in [0.4, 0.5) is 0 Å². The third-order valence-corrected chi connectivity index (χ3v) is 8.92. The topological polar surface area (TPSA) is 116 Å². The molecule has 1 saturated carbocycles. The number of aryl methyl sites for hydroxylation is 2. The quantitative estimate of drug-likeness (QED) is 0.184. The van der Waals surface area contributed by atoms with E-state index in [1.54, 1.807) is 12.1 Å². The van der Waals surface area contributed by atoms with E-state index in [2.05, 4.69) is 5.32 Å². The van der Waals surface area contributed by atoms with Crippen molar-refractivity contribution >= 4 is 58.0 Å². The minimum atomic E-state index is -0.725. The SMILES string of the molecule is O=C(CCOC(=O)c1ccc(CCC[C@@H]2[C@@H](CCc3cc(Cl)cc(Cl)c3)[C@H](O)C[C@@H]2Cl)s1)NC(CO)CO. The van der Waals surface area contributed by atoms with Crippen molar-refractivity contribution in [3.8, 4) is 0 Å². The molecule has 0 unspecified atom stereocenters. The van der Waals surface area contributed by atoms with Crippen molar-refractivity contribution in [2.24, 2.45) is 11.8 Å². The van der Waals surface area contributed by atoms with Crippen LogP contribution in [0.2, 0.25) is 10.0 Å². The van der Waals surface area contributed by atoms with Gasteiger partial charge in [0, 0.05) is 20.3 Å². The summed E-state index contributed by atoms with van der Waals surface area (Å²) in [6.07, 6.45) is 4.22. The van der Waals surface area contributed by atoms with E-state index in [-0.39, 0.29) is 43.5 Å². The van der Waals surface area contributed by atoms with Crippen LogP contribution in [0.25, 0.3) is 0 Å². The Bertz CT molecular complexity index is 1040. The predicted molar refractivity (Wildman–Crippen MR) is 150 cm³/mol. The van der Waals surface area contributed by atoms with Gasteiger partial charge in [0.15, 0.2) is 0 Å². The normalized spacial score (nSPS) is 21.1. The fraction of sp³-hybridized carbons (Fsp3) is 0.556. The summed E-state index contributed by atoms with van der Waals surface area (Å²) < 4.78 is 5.19. The number of hydrogen-bond donors (Lipinski definition) is 4. The van der Waals surface area contributed by atoms with Gasteiger partial charge in [0.2, 0.25) is 5.91 Å². The number of ether oxygens (including phenoxy) is 1. The van der Waals surface area contributed by atoms with Crippen molar-refractivity contribution in [2.75, 3.05) is 19.8 Å². The van der Waals surface area contributed by atoms with Crippen molar-refractivity contribution in [1.29, 1.82) is 0 Å². The van der Waals surface area contributed by atoms with Crippen molar-refractivity contribution in [2.45, 2.75) is 62.5 Å². The van der Waals surface area contributed by atoms with E-state index in [1.165, 1.54) is 11.3 Å². The van der Waals surface area contributed by atoms with Gasteiger partial charge in [-0.2, -0.15) is 0 Å². The van der Waals surface area contributed by atoms with E-state index in [4.69, 9.17) is 49.8 Å². The fourth-order valence-electron chi connectivity index (χ4n) is 4.91. The van der Waals surface area contributed by atoms with E-state index in [9.17, 15) is 14.7 Å². The van der Waals surface area contributed by atoms with Gasteiger partial charge in [-0.25, -0.2) is 4.79 Å². The highest BCUT2D eigenvalue weighted by Gasteiger charge is 2.40. The highest BCUT2D eigenvalue weighted by molar-refractivity contribution is 7.13. The second kappa shape index (κ2) is 15.4. The summed E-state index contributed by atoms with van der Waals surface area (Å²) >= 11 is 20.2. The van der Waals surface area contributed by atoms with Gasteiger partial charge in [0.05, 0.1) is 31.8 Å². The molecule has 0 aliphatic heterocycles. The van der Waals surface area contributed by atoms with Gasteiger partial charge < -0.3 is 25.4 Å². The molecule has 1 heterocycles. The maximum absolute atomic E-state index is 12.3. The molecule has 4 N–H and O–H groups in total. The molecule has 0 radical (unpaired) electrons. The number of alkyl halides is 1. The zero-order valence-electron chi connectivity index (χ0n) is 21.0. The molecule has 1 aliphatic carbocycles. The molecule has 0 saturated heterocycles. The van der Waals surface area contributed by atoms with Gasteiger partial charge in [0.1, 0.15) is 11.5 Å². The largest absolute Gasteiger partial charge is 0.461 e. The third kappa shape index (κ3) is 9.37. The van der Waals surface area contributed by atoms with E-state index in [1.807, 2.05) is 18.2 Å². The van der Waals surface area contributed by atoms with Gasteiger partial charge >= 0.3 is 5.97 Å². The monoisotopic (exact) mass is 605 g/mol. The fourth-order valence-corrected chi connectivity index (χ4v) is 6.92. The highest BCUT2D eigenvalue weighted by Crippen LogP contribution is 2.42. The van der Waals surface area contributed by atoms with E-state index in [0.717, 1.165) is 42.5 Å². The summed E-state index contributed by atoms with van der Waals surface area (Å²) in [6, 6.07) is 8.41. The molecular weight excluding hydrogens is 573 g/mol. The number of carbonyl (C=O) groups excluding carboxylic acids is 2. The van der Waals surface area contributed by atoms with Crippen molar-refractivity contribution in [3.05, 3.63) is 55.7 Å². The molecule has 1 aromatic heterocycles. The first-order valence-corrected chi connectivity index (χ1v) is 14.7. The Morgan fingerprint density at radius 2 is 1.76 bits per heavy atom. The van der Waals surface area contributed by atoms with Crippen LogP contribution in [0.5, 0.6) is 0 Å². The lowest BCUT2D eigenvalue weighted by molar-refractivity contribution is -0.123. The van der Waals surface area contributed by atoms with Crippen molar-refractivity contribution in [3.63, 3.8) is 0 Å². The highest BCUT2D eigenvalue weighted by atomic mass is 35.5. The van der Waals surface area contributed by atoms with Crippen LogP contribution in [0.1, 0.15) is 52.2 Å². The molecule has 11 heteroatoms. The van der Waals surface area contributed by atoms with E-state index < -0.39 is 24.0 Å². The Balaban J connectivity index is 1.43. The van der Waals surface area contributed by atoms with Crippen LogP contribution >= 0.6 is 46.1 Å². The number of carbonyl (C=O) groups is 2. The second-order valence-corrected chi connectivity index (χ2v) is 12.2. The lowest BCUT2D eigenvalue weighted by atomic mass is 9.85. The number of rotatable bonds is 14. The minimum Gasteiger partial charge on any atom is -0.461 e. The summed E-state index contributed by atoms with van der Waals surface area (Å²) in [4.78, 5) is 25.6. The van der Waals surface area contributed by atoms with Crippen LogP contribution in [-0.4, -0.2) is 64.5 Å². The van der Waals surface area contributed by atoms with E-state index >= 15 is 0 Å². The first-order valence-electron chi connectivity index (χ1n) is 12.7. The molecule has 1 aromatic carbocycles. The Morgan fingerprint density at radius 1 is 1.05 bits per heavy atom. The number of esters is 1. The first-order chi connectivity index (χ1) is 18.2. The summed E-state index contributed by atoms with van der Waals surface area (Å²) in [6.45, 7) is -0.830. The lowest BCUT2D eigenvalue weighted by Crippen LogP contribution is -2.40. The molecule has 38 heavy (non-hydrogen) atoms. The number of hydrogen-bond acceptors (Lipinski definition) is 7. The number of nitrogens with one attached hydrogen (secondary N) is 1. The summed E-state index contributed by atoms with van der Waals surface area (Å²) in [5.74, 6) is -0.600. The minimum absolute atomic E-state index is 0.0567. The zero-order chi connectivity index (χ0) is 27.7. The molecule has 4 atom stereocenters. The van der Waals surface area contributed by atoms with E-state index in [0.29, 0.717) is 21.3 Å². The first kappa shape index (κ1) is 31.1. The molecule has 3 rings (SSSR count). The Kier molecular flexibility index (Phi) is 12.6. The van der Waals surface area contributed by atoms with Crippen molar-refractivity contribution in [1.82, 2.24) is 5.32 Å². The zero-order valence-corrected chi connectivity index (χ0v) is 24.0. The molecule has 0 bridgehead atoms. The molecule has 1 fully saturated rings. The average molecular weight is 607 g/mol. The molecule has 1 aliphatic rings. The number of amides is 1. The van der Waals surface area contributed by atoms with Crippen LogP contribution in [0.3, 0.4) is 0 Å². The van der Waals surface area contributed by atoms with Crippen molar-refractivity contribution < 1.29 is 29.6 Å². The third-order valence-electron chi connectivity index (χ3n) is 6.86. The van der Waals surface area contributed by atoms with Gasteiger partial charge in [0.25, 0.3) is 0 Å². The molecule has 2 aromatic rings. The van der Waals surface area contributed by atoms with Gasteiger partial charge in [-0.05, 0) is 86.3 Å². The van der Waals surface area contributed by atoms with Crippen LogP contribution < -0.4 is 5.32 Å². The maximum atomic E-state index is 12.3.